The molecule has 1 aromatic heterocycles. The van der Waals surface area contributed by atoms with Gasteiger partial charge in [0.05, 0.1) is 12.6 Å². The SMILES string of the molecule is COc1ccc2c(c1)c(CN(C)C)c(C)n2-c1ccccc1. The summed E-state index contributed by atoms with van der Waals surface area (Å²) in [7, 11) is 5.92. The second-order valence-electron chi connectivity index (χ2n) is 5.86. The molecule has 1 heterocycles. The largest absolute Gasteiger partial charge is 0.497 e. The molecule has 3 rings (SSSR count). The van der Waals surface area contributed by atoms with E-state index in [0.717, 1.165) is 12.3 Å². The number of nitrogens with zero attached hydrogens (tertiary/aromatic N) is 2. The first-order valence-electron chi connectivity index (χ1n) is 7.50. The average molecular weight is 294 g/mol. The minimum absolute atomic E-state index is 0.901. The molecule has 0 aliphatic rings. The zero-order valence-electron chi connectivity index (χ0n) is 13.6. The van der Waals surface area contributed by atoms with E-state index in [1.807, 2.05) is 12.1 Å². The third-order valence-corrected chi connectivity index (χ3v) is 4.03. The van der Waals surface area contributed by atoms with Crippen LogP contribution in [0.15, 0.2) is 48.5 Å². The highest BCUT2D eigenvalue weighted by molar-refractivity contribution is 5.88. The average Bonchev–Trinajstić information content (AvgIpc) is 2.79. The lowest BCUT2D eigenvalue weighted by molar-refractivity contribution is 0.402. The van der Waals surface area contributed by atoms with Crippen LogP contribution in [-0.4, -0.2) is 30.7 Å². The monoisotopic (exact) mass is 294 g/mol. The highest BCUT2D eigenvalue weighted by Crippen LogP contribution is 2.32. The summed E-state index contributed by atoms with van der Waals surface area (Å²) in [6.07, 6.45) is 0. The van der Waals surface area contributed by atoms with Crippen LogP contribution in [0, 0.1) is 6.92 Å². The van der Waals surface area contributed by atoms with Gasteiger partial charge in [0.1, 0.15) is 5.75 Å². The van der Waals surface area contributed by atoms with Crippen LogP contribution in [-0.2, 0) is 6.54 Å². The van der Waals surface area contributed by atoms with E-state index < -0.39 is 0 Å². The topological polar surface area (TPSA) is 17.4 Å². The Morgan fingerprint density at radius 3 is 2.41 bits per heavy atom. The van der Waals surface area contributed by atoms with E-state index in [9.17, 15) is 0 Å². The fourth-order valence-electron chi connectivity index (χ4n) is 3.01. The fraction of sp³-hybridized carbons (Fsp3) is 0.263. The molecule has 114 valence electrons. The molecule has 0 spiro atoms. The van der Waals surface area contributed by atoms with Crippen LogP contribution < -0.4 is 4.74 Å². The van der Waals surface area contributed by atoms with Gasteiger partial charge in [0, 0.05) is 23.3 Å². The summed E-state index contributed by atoms with van der Waals surface area (Å²) in [6, 6.07) is 16.8. The third-order valence-electron chi connectivity index (χ3n) is 4.03. The molecular formula is C19H22N2O. The van der Waals surface area contributed by atoms with E-state index >= 15 is 0 Å². The highest BCUT2D eigenvalue weighted by Gasteiger charge is 2.16. The number of rotatable bonds is 4. The minimum Gasteiger partial charge on any atom is -0.497 e. The van der Waals surface area contributed by atoms with Crippen LogP contribution in [0.4, 0.5) is 0 Å². The van der Waals surface area contributed by atoms with Gasteiger partial charge in [-0.1, -0.05) is 18.2 Å². The maximum Gasteiger partial charge on any atom is 0.119 e. The molecule has 0 amide bonds. The number of ether oxygens (including phenoxy) is 1. The number of para-hydroxylation sites is 1. The first-order valence-corrected chi connectivity index (χ1v) is 7.50. The molecular weight excluding hydrogens is 272 g/mol. The van der Waals surface area contributed by atoms with Crippen LogP contribution in [0.25, 0.3) is 16.6 Å². The first-order chi connectivity index (χ1) is 10.6. The highest BCUT2D eigenvalue weighted by atomic mass is 16.5. The number of benzene rings is 2. The third kappa shape index (κ3) is 2.48. The van der Waals surface area contributed by atoms with Gasteiger partial charge < -0.3 is 14.2 Å². The Kier molecular flexibility index (Phi) is 3.90. The molecule has 0 aliphatic heterocycles. The van der Waals surface area contributed by atoms with E-state index in [1.165, 1.54) is 27.8 Å². The normalized spacial score (nSPS) is 11.3. The van der Waals surface area contributed by atoms with Crippen LogP contribution in [0.3, 0.4) is 0 Å². The molecule has 0 N–H and O–H groups in total. The predicted octanol–water partition coefficient (Wildman–Crippen LogP) is 4.01. The smallest absolute Gasteiger partial charge is 0.119 e. The quantitative estimate of drug-likeness (QED) is 0.723. The molecule has 3 aromatic rings. The van der Waals surface area contributed by atoms with Crippen molar-refractivity contribution in [3.05, 3.63) is 59.8 Å². The zero-order valence-corrected chi connectivity index (χ0v) is 13.6. The summed E-state index contributed by atoms with van der Waals surface area (Å²) in [4.78, 5) is 2.20. The van der Waals surface area contributed by atoms with Gasteiger partial charge in [-0.25, -0.2) is 0 Å². The fourth-order valence-corrected chi connectivity index (χ4v) is 3.01. The Morgan fingerprint density at radius 2 is 1.77 bits per heavy atom. The standard InChI is InChI=1S/C19H22N2O/c1-14-18(13-20(2)3)17-12-16(22-4)10-11-19(17)21(14)15-8-6-5-7-9-15/h5-12H,13H2,1-4H3. The van der Waals surface area contributed by atoms with Crippen LogP contribution in [0.5, 0.6) is 5.75 Å². The van der Waals surface area contributed by atoms with Gasteiger partial charge in [-0.2, -0.15) is 0 Å². The Balaban J connectivity index is 2.30. The summed E-state index contributed by atoms with van der Waals surface area (Å²) >= 11 is 0. The number of hydrogen-bond donors (Lipinski definition) is 0. The van der Waals surface area contributed by atoms with Gasteiger partial charge in [0.25, 0.3) is 0 Å². The van der Waals surface area contributed by atoms with Crippen molar-refractivity contribution < 1.29 is 4.74 Å². The van der Waals surface area contributed by atoms with E-state index in [2.05, 4.69) is 66.9 Å². The lowest BCUT2D eigenvalue weighted by atomic mass is 10.1. The van der Waals surface area contributed by atoms with Gasteiger partial charge in [-0.05, 0) is 56.9 Å². The van der Waals surface area contributed by atoms with Gasteiger partial charge in [-0.3, -0.25) is 0 Å². The maximum absolute atomic E-state index is 5.41. The van der Waals surface area contributed by atoms with Crippen molar-refractivity contribution in [2.45, 2.75) is 13.5 Å². The van der Waals surface area contributed by atoms with E-state index in [0.29, 0.717) is 0 Å². The Bertz CT molecular complexity index is 788. The molecule has 0 atom stereocenters. The molecule has 0 aliphatic carbocycles. The van der Waals surface area contributed by atoms with Gasteiger partial charge in [0.2, 0.25) is 0 Å². The van der Waals surface area contributed by atoms with Crippen molar-refractivity contribution >= 4 is 10.9 Å². The number of hydrogen-bond acceptors (Lipinski definition) is 2. The van der Waals surface area contributed by atoms with Crippen molar-refractivity contribution in [1.82, 2.24) is 9.47 Å². The van der Waals surface area contributed by atoms with E-state index in [1.54, 1.807) is 7.11 Å². The molecule has 0 saturated heterocycles. The van der Waals surface area contributed by atoms with Gasteiger partial charge in [0.15, 0.2) is 0 Å². The molecule has 3 heteroatoms. The van der Waals surface area contributed by atoms with Crippen molar-refractivity contribution in [3.63, 3.8) is 0 Å². The van der Waals surface area contributed by atoms with Crippen molar-refractivity contribution in [2.24, 2.45) is 0 Å². The number of aromatic nitrogens is 1. The predicted molar refractivity (Wildman–Crippen MR) is 92.0 cm³/mol. The maximum atomic E-state index is 5.41. The Hall–Kier alpha value is -2.26. The molecule has 0 fully saturated rings. The van der Waals surface area contributed by atoms with Crippen molar-refractivity contribution in [1.29, 1.82) is 0 Å². The molecule has 3 nitrogen and oxygen atoms in total. The van der Waals surface area contributed by atoms with Crippen LogP contribution >= 0.6 is 0 Å². The van der Waals surface area contributed by atoms with Crippen molar-refractivity contribution in [2.75, 3.05) is 21.2 Å². The minimum atomic E-state index is 0.901. The summed E-state index contributed by atoms with van der Waals surface area (Å²) in [5.74, 6) is 0.901. The van der Waals surface area contributed by atoms with Crippen LogP contribution in [0.1, 0.15) is 11.3 Å². The molecule has 2 aromatic carbocycles. The second kappa shape index (κ2) is 5.85. The summed E-state index contributed by atoms with van der Waals surface area (Å²) < 4.78 is 7.74. The molecule has 0 saturated carbocycles. The molecule has 0 bridgehead atoms. The van der Waals surface area contributed by atoms with Gasteiger partial charge in [-0.15, -0.1) is 0 Å². The number of fused-ring (bicyclic) bond motifs is 1. The van der Waals surface area contributed by atoms with Crippen LogP contribution in [0.2, 0.25) is 0 Å². The van der Waals surface area contributed by atoms with Gasteiger partial charge >= 0.3 is 0 Å². The summed E-state index contributed by atoms with van der Waals surface area (Å²) in [6.45, 7) is 3.10. The molecule has 22 heavy (non-hydrogen) atoms. The zero-order chi connectivity index (χ0) is 15.7. The molecule has 0 radical (unpaired) electrons. The van der Waals surface area contributed by atoms with Crippen molar-refractivity contribution in [3.8, 4) is 11.4 Å². The first kappa shape index (κ1) is 14.7. The Morgan fingerprint density at radius 1 is 1.05 bits per heavy atom. The lowest BCUT2D eigenvalue weighted by Gasteiger charge is -2.11. The second-order valence-corrected chi connectivity index (χ2v) is 5.86. The summed E-state index contributed by atoms with van der Waals surface area (Å²) in [5.41, 5.74) is 5.05. The number of methoxy groups -OCH3 is 1. The molecule has 0 unspecified atom stereocenters. The summed E-state index contributed by atoms with van der Waals surface area (Å²) in [5, 5.41) is 1.26. The van der Waals surface area contributed by atoms with E-state index in [4.69, 9.17) is 4.74 Å². The lowest BCUT2D eigenvalue weighted by Crippen LogP contribution is -2.11. The van der Waals surface area contributed by atoms with E-state index in [-0.39, 0.29) is 0 Å². The Labute approximate surface area is 131 Å².